The van der Waals surface area contributed by atoms with Crippen LogP contribution in [0.2, 0.25) is 0 Å². The summed E-state index contributed by atoms with van der Waals surface area (Å²) < 4.78 is 0. The summed E-state index contributed by atoms with van der Waals surface area (Å²) in [6.07, 6.45) is 0.954. The van der Waals surface area contributed by atoms with Gasteiger partial charge in [-0.15, -0.1) is 0 Å². The first-order valence-corrected chi connectivity index (χ1v) is 6.95. The molecule has 1 amide bonds. The lowest BCUT2D eigenvalue weighted by molar-refractivity contribution is -0.384. The lowest BCUT2D eigenvalue weighted by Gasteiger charge is -2.08. The highest BCUT2D eigenvalue weighted by atomic mass is 16.6. The predicted octanol–water partition coefficient (Wildman–Crippen LogP) is 3.21. The van der Waals surface area contributed by atoms with Gasteiger partial charge in [0, 0.05) is 23.5 Å². The molecule has 2 aromatic rings. The van der Waals surface area contributed by atoms with Crippen molar-refractivity contribution in [1.29, 1.82) is 0 Å². The normalized spacial score (nSPS) is 10.0. The number of hydrogen-bond donors (Lipinski definition) is 2. The number of rotatable bonds is 6. The number of carbonyl (C=O) groups excluding carboxylic acids is 1. The highest BCUT2D eigenvalue weighted by Gasteiger charge is 2.05. The lowest BCUT2D eigenvalue weighted by atomic mass is 10.1. The van der Waals surface area contributed by atoms with Crippen molar-refractivity contribution in [2.75, 3.05) is 17.2 Å². The zero-order valence-electron chi connectivity index (χ0n) is 12.2. The largest absolute Gasteiger partial charge is 0.376 e. The van der Waals surface area contributed by atoms with E-state index in [4.69, 9.17) is 0 Å². The Kier molecular flexibility index (Phi) is 5.08. The second-order valence-corrected chi connectivity index (χ2v) is 4.76. The average Bonchev–Trinajstić information content (AvgIpc) is 2.54. The number of benzene rings is 2. The number of nitrogens with zero attached hydrogens (tertiary/aromatic N) is 1. The van der Waals surface area contributed by atoms with Crippen LogP contribution in [-0.2, 0) is 11.2 Å². The molecule has 0 aliphatic heterocycles. The molecule has 6 nitrogen and oxygen atoms in total. The third-order valence-corrected chi connectivity index (χ3v) is 3.18. The van der Waals surface area contributed by atoms with Crippen molar-refractivity contribution in [2.24, 2.45) is 0 Å². The number of non-ortho nitro benzene ring substituents is 1. The number of hydrogen-bond acceptors (Lipinski definition) is 4. The molecule has 114 valence electrons. The van der Waals surface area contributed by atoms with Gasteiger partial charge in [0.05, 0.1) is 11.5 Å². The molecule has 0 saturated carbocycles. The van der Waals surface area contributed by atoms with Crippen LogP contribution in [0.3, 0.4) is 0 Å². The van der Waals surface area contributed by atoms with Crippen LogP contribution in [0.4, 0.5) is 17.1 Å². The van der Waals surface area contributed by atoms with Gasteiger partial charge in [-0.2, -0.15) is 0 Å². The number of aryl methyl sites for hydroxylation is 1. The second-order valence-electron chi connectivity index (χ2n) is 4.76. The minimum Gasteiger partial charge on any atom is -0.376 e. The molecular weight excluding hydrogens is 282 g/mol. The Labute approximate surface area is 128 Å². The first-order chi connectivity index (χ1) is 10.6. The fraction of sp³-hybridized carbons (Fsp3) is 0.188. The number of carbonyl (C=O) groups is 1. The van der Waals surface area contributed by atoms with Crippen molar-refractivity contribution in [3.8, 4) is 0 Å². The van der Waals surface area contributed by atoms with E-state index in [1.54, 1.807) is 12.1 Å². The zero-order valence-corrected chi connectivity index (χ0v) is 12.2. The summed E-state index contributed by atoms with van der Waals surface area (Å²) in [5.74, 6) is -0.178. The standard InChI is InChI=1S/C16H17N3O3/c1-2-12-3-5-14(6-4-12)18-16(20)11-17-13-7-9-15(10-8-13)19(21)22/h3-10,17H,2,11H2,1H3,(H,18,20). The van der Waals surface area contributed by atoms with E-state index in [1.807, 2.05) is 24.3 Å². The van der Waals surface area contributed by atoms with Crippen molar-refractivity contribution >= 4 is 23.0 Å². The Morgan fingerprint density at radius 1 is 1.05 bits per heavy atom. The van der Waals surface area contributed by atoms with Crippen molar-refractivity contribution in [1.82, 2.24) is 0 Å². The molecule has 6 heteroatoms. The fourth-order valence-corrected chi connectivity index (χ4v) is 1.91. The van der Waals surface area contributed by atoms with Gasteiger partial charge < -0.3 is 10.6 Å². The third kappa shape index (κ3) is 4.31. The third-order valence-electron chi connectivity index (χ3n) is 3.18. The molecule has 0 saturated heterocycles. The minimum absolute atomic E-state index is 0.0195. The van der Waals surface area contributed by atoms with Crippen LogP contribution < -0.4 is 10.6 Å². The number of nitro groups is 1. The van der Waals surface area contributed by atoms with E-state index in [1.165, 1.54) is 17.7 Å². The summed E-state index contributed by atoms with van der Waals surface area (Å²) in [7, 11) is 0. The molecule has 0 aromatic heterocycles. The molecular formula is C16H17N3O3. The molecule has 22 heavy (non-hydrogen) atoms. The van der Waals surface area contributed by atoms with Gasteiger partial charge >= 0.3 is 0 Å². The number of nitro benzene ring substituents is 1. The van der Waals surface area contributed by atoms with Crippen LogP contribution in [0.15, 0.2) is 48.5 Å². The van der Waals surface area contributed by atoms with Crippen molar-refractivity contribution in [3.63, 3.8) is 0 Å². The van der Waals surface area contributed by atoms with Crippen LogP contribution in [0.1, 0.15) is 12.5 Å². The van der Waals surface area contributed by atoms with Gasteiger partial charge in [0.1, 0.15) is 0 Å². The number of anilines is 2. The number of amides is 1. The van der Waals surface area contributed by atoms with Crippen LogP contribution in [-0.4, -0.2) is 17.4 Å². The van der Waals surface area contributed by atoms with E-state index < -0.39 is 4.92 Å². The maximum absolute atomic E-state index is 11.8. The Morgan fingerprint density at radius 2 is 1.64 bits per heavy atom. The topological polar surface area (TPSA) is 84.3 Å². The summed E-state index contributed by atoms with van der Waals surface area (Å²) in [5, 5.41) is 16.3. The zero-order chi connectivity index (χ0) is 15.9. The van der Waals surface area contributed by atoms with E-state index >= 15 is 0 Å². The van der Waals surface area contributed by atoms with E-state index in [0.717, 1.165) is 12.1 Å². The molecule has 0 heterocycles. The Bertz CT molecular complexity index is 651. The molecule has 0 spiro atoms. The highest BCUT2D eigenvalue weighted by Crippen LogP contribution is 2.15. The summed E-state index contributed by atoms with van der Waals surface area (Å²) >= 11 is 0. The SMILES string of the molecule is CCc1ccc(NC(=O)CNc2ccc([N+](=O)[O-])cc2)cc1. The second kappa shape index (κ2) is 7.21. The lowest BCUT2D eigenvalue weighted by Crippen LogP contribution is -2.21. The Morgan fingerprint density at radius 3 is 2.18 bits per heavy atom. The predicted molar refractivity (Wildman–Crippen MR) is 86.0 cm³/mol. The van der Waals surface area contributed by atoms with Crippen LogP contribution >= 0.6 is 0 Å². The fourth-order valence-electron chi connectivity index (χ4n) is 1.91. The molecule has 0 bridgehead atoms. The van der Waals surface area contributed by atoms with Gasteiger partial charge in [0.25, 0.3) is 5.69 Å². The molecule has 2 aromatic carbocycles. The van der Waals surface area contributed by atoms with E-state index in [-0.39, 0.29) is 18.1 Å². The Hall–Kier alpha value is -2.89. The number of nitrogens with one attached hydrogen (secondary N) is 2. The maximum Gasteiger partial charge on any atom is 0.269 e. The maximum atomic E-state index is 11.8. The van der Waals surface area contributed by atoms with E-state index in [2.05, 4.69) is 17.6 Å². The monoisotopic (exact) mass is 299 g/mol. The quantitative estimate of drug-likeness (QED) is 0.633. The average molecular weight is 299 g/mol. The van der Waals surface area contributed by atoms with Crippen molar-refractivity contribution in [3.05, 3.63) is 64.2 Å². The molecule has 0 unspecified atom stereocenters. The summed E-state index contributed by atoms with van der Waals surface area (Å²) in [6.45, 7) is 2.16. The molecule has 0 aliphatic carbocycles. The highest BCUT2D eigenvalue weighted by molar-refractivity contribution is 5.93. The van der Waals surface area contributed by atoms with Crippen LogP contribution in [0.25, 0.3) is 0 Å². The van der Waals surface area contributed by atoms with Gasteiger partial charge in [0.15, 0.2) is 0 Å². The molecule has 0 fully saturated rings. The first kappa shape index (κ1) is 15.5. The Balaban J connectivity index is 1.85. The van der Waals surface area contributed by atoms with Gasteiger partial charge in [-0.3, -0.25) is 14.9 Å². The van der Waals surface area contributed by atoms with E-state index in [0.29, 0.717) is 5.69 Å². The van der Waals surface area contributed by atoms with Crippen LogP contribution in [0, 0.1) is 10.1 Å². The first-order valence-electron chi connectivity index (χ1n) is 6.95. The molecule has 2 N–H and O–H groups in total. The van der Waals surface area contributed by atoms with E-state index in [9.17, 15) is 14.9 Å². The van der Waals surface area contributed by atoms with Gasteiger partial charge in [0.2, 0.25) is 5.91 Å². The smallest absolute Gasteiger partial charge is 0.269 e. The van der Waals surface area contributed by atoms with Gasteiger partial charge in [-0.25, -0.2) is 0 Å². The van der Waals surface area contributed by atoms with Crippen molar-refractivity contribution in [2.45, 2.75) is 13.3 Å². The summed E-state index contributed by atoms with van der Waals surface area (Å²) in [4.78, 5) is 21.9. The van der Waals surface area contributed by atoms with Gasteiger partial charge in [-0.05, 0) is 36.2 Å². The minimum atomic E-state index is -0.462. The molecule has 0 aliphatic rings. The molecule has 0 radical (unpaired) electrons. The van der Waals surface area contributed by atoms with Crippen LogP contribution in [0.5, 0.6) is 0 Å². The molecule has 0 atom stereocenters. The summed E-state index contributed by atoms with van der Waals surface area (Å²) in [5.41, 5.74) is 2.63. The molecule has 2 rings (SSSR count). The van der Waals surface area contributed by atoms with Gasteiger partial charge in [-0.1, -0.05) is 19.1 Å². The van der Waals surface area contributed by atoms with Crippen molar-refractivity contribution < 1.29 is 9.72 Å². The summed E-state index contributed by atoms with van der Waals surface area (Å²) in [6, 6.07) is 13.6.